The zero-order valence-electron chi connectivity index (χ0n) is 10.2. The van der Waals surface area contributed by atoms with Crippen molar-refractivity contribution in [1.29, 1.82) is 0 Å². The van der Waals surface area contributed by atoms with Gasteiger partial charge in [-0.3, -0.25) is 9.59 Å². The van der Waals surface area contributed by atoms with Gasteiger partial charge in [-0.2, -0.15) is 0 Å². The minimum absolute atomic E-state index is 0.0599. The zero-order chi connectivity index (χ0) is 13.4. The van der Waals surface area contributed by atoms with Gasteiger partial charge in [-0.15, -0.1) is 0 Å². The lowest BCUT2D eigenvalue weighted by atomic mass is 10.2. The molecule has 1 aromatic carbocycles. The van der Waals surface area contributed by atoms with Gasteiger partial charge < -0.3 is 14.6 Å². The van der Waals surface area contributed by atoms with Gasteiger partial charge in [0.25, 0.3) is 0 Å². The third-order valence-corrected chi connectivity index (χ3v) is 2.35. The molecule has 0 aliphatic heterocycles. The number of carboxylic acids is 1. The molecule has 0 fully saturated rings. The second-order valence-electron chi connectivity index (χ2n) is 3.80. The standard InChI is InChI=1S/C13H16O5/c1-17-13(16)8-11(7-12(14)15)18-9-10-5-3-2-4-6-10/h2-6,11H,7-9H2,1H3,(H,14,15)/t11-/m0/s1. The number of esters is 1. The van der Waals surface area contributed by atoms with Gasteiger partial charge in [-0.1, -0.05) is 30.3 Å². The van der Waals surface area contributed by atoms with E-state index in [2.05, 4.69) is 4.74 Å². The van der Waals surface area contributed by atoms with E-state index < -0.39 is 18.0 Å². The van der Waals surface area contributed by atoms with Gasteiger partial charge in [0, 0.05) is 0 Å². The lowest BCUT2D eigenvalue weighted by Gasteiger charge is -2.14. The highest BCUT2D eigenvalue weighted by atomic mass is 16.5. The first kappa shape index (κ1) is 14.2. The van der Waals surface area contributed by atoms with Gasteiger partial charge >= 0.3 is 11.9 Å². The Morgan fingerprint density at radius 3 is 2.44 bits per heavy atom. The summed E-state index contributed by atoms with van der Waals surface area (Å²) >= 11 is 0. The first-order valence-electron chi connectivity index (χ1n) is 5.56. The molecule has 0 heterocycles. The average molecular weight is 252 g/mol. The molecule has 18 heavy (non-hydrogen) atoms. The topological polar surface area (TPSA) is 72.8 Å². The Hall–Kier alpha value is -1.88. The quantitative estimate of drug-likeness (QED) is 0.746. The van der Waals surface area contributed by atoms with Crippen LogP contribution in [0.2, 0.25) is 0 Å². The number of carbonyl (C=O) groups is 2. The van der Waals surface area contributed by atoms with Crippen LogP contribution in [0.1, 0.15) is 18.4 Å². The van der Waals surface area contributed by atoms with Crippen LogP contribution in [0.5, 0.6) is 0 Å². The van der Waals surface area contributed by atoms with E-state index in [4.69, 9.17) is 9.84 Å². The summed E-state index contributed by atoms with van der Waals surface area (Å²) < 4.78 is 9.93. The molecule has 0 aliphatic carbocycles. The molecule has 98 valence electrons. The summed E-state index contributed by atoms with van der Waals surface area (Å²) in [5.41, 5.74) is 0.928. The van der Waals surface area contributed by atoms with E-state index >= 15 is 0 Å². The monoisotopic (exact) mass is 252 g/mol. The van der Waals surface area contributed by atoms with E-state index in [1.807, 2.05) is 30.3 Å². The molecule has 0 aliphatic rings. The number of carboxylic acid groups (broad SMARTS) is 1. The first-order valence-corrected chi connectivity index (χ1v) is 5.56. The summed E-state index contributed by atoms with van der Waals surface area (Å²) in [6.07, 6.45) is -0.951. The smallest absolute Gasteiger partial charge is 0.308 e. The predicted molar refractivity (Wildman–Crippen MR) is 63.9 cm³/mol. The molecule has 0 spiro atoms. The summed E-state index contributed by atoms with van der Waals surface area (Å²) in [5.74, 6) is -1.48. The fraction of sp³-hybridized carbons (Fsp3) is 0.385. The van der Waals surface area contributed by atoms with E-state index in [-0.39, 0.29) is 19.4 Å². The largest absolute Gasteiger partial charge is 0.481 e. The van der Waals surface area contributed by atoms with Crippen LogP contribution in [-0.4, -0.2) is 30.3 Å². The van der Waals surface area contributed by atoms with Crippen molar-refractivity contribution < 1.29 is 24.2 Å². The molecular weight excluding hydrogens is 236 g/mol. The molecule has 1 N–H and O–H groups in total. The van der Waals surface area contributed by atoms with Gasteiger partial charge in [-0.05, 0) is 5.56 Å². The Bertz CT molecular complexity index is 388. The van der Waals surface area contributed by atoms with Crippen molar-refractivity contribution in [2.24, 2.45) is 0 Å². The van der Waals surface area contributed by atoms with Crippen LogP contribution in [0.25, 0.3) is 0 Å². The molecule has 5 nitrogen and oxygen atoms in total. The van der Waals surface area contributed by atoms with Gasteiger partial charge in [0.1, 0.15) is 0 Å². The van der Waals surface area contributed by atoms with Crippen molar-refractivity contribution in [3.63, 3.8) is 0 Å². The maximum absolute atomic E-state index is 11.1. The summed E-state index contributed by atoms with van der Waals surface area (Å²) in [6.45, 7) is 0.274. The maximum atomic E-state index is 11.1. The van der Waals surface area contributed by atoms with E-state index in [1.54, 1.807) is 0 Å². The van der Waals surface area contributed by atoms with Crippen LogP contribution >= 0.6 is 0 Å². The fourth-order valence-corrected chi connectivity index (χ4v) is 1.44. The van der Waals surface area contributed by atoms with E-state index in [0.717, 1.165) is 5.56 Å². The van der Waals surface area contributed by atoms with Crippen molar-refractivity contribution in [3.05, 3.63) is 35.9 Å². The van der Waals surface area contributed by atoms with Gasteiger partial charge in [0.05, 0.1) is 32.7 Å². The summed E-state index contributed by atoms with van der Waals surface area (Å²) in [6, 6.07) is 9.36. The number of aliphatic carboxylic acids is 1. The molecule has 1 rings (SSSR count). The highest BCUT2D eigenvalue weighted by Crippen LogP contribution is 2.10. The number of benzene rings is 1. The van der Waals surface area contributed by atoms with Crippen LogP contribution < -0.4 is 0 Å². The minimum atomic E-state index is -1.00. The van der Waals surface area contributed by atoms with Gasteiger partial charge in [0.2, 0.25) is 0 Å². The van der Waals surface area contributed by atoms with E-state index in [1.165, 1.54) is 7.11 Å². The van der Waals surface area contributed by atoms with Crippen molar-refractivity contribution in [2.75, 3.05) is 7.11 Å². The number of methoxy groups -OCH3 is 1. The molecule has 0 bridgehead atoms. The Morgan fingerprint density at radius 1 is 1.22 bits per heavy atom. The third kappa shape index (κ3) is 5.45. The number of ether oxygens (including phenoxy) is 2. The summed E-state index contributed by atoms with van der Waals surface area (Å²) in [4.78, 5) is 21.8. The molecule has 1 aromatic rings. The van der Waals surface area contributed by atoms with E-state index in [0.29, 0.717) is 0 Å². The molecule has 0 radical (unpaired) electrons. The van der Waals surface area contributed by atoms with Gasteiger partial charge in [0.15, 0.2) is 0 Å². The molecule has 0 saturated carbocycles. The van der Waals surface area contributed by atoms with Crippen LogP contribution in [0, 0.1) is 0 Å². The fourth-order valence-electron chi connectivity index (χ4n) is 1.44. The molecule has 0 aromatic heterocycles. The second kappa shape index (κ2) is 7.45. The minimum Gasteiger partial charge on any atom is -0.481 e. The zero-order valence-corrected chi connectivity index (χ0v) is 10.2. The maximum Gasteiger partial charge on any atom is 0.308 e. The Kier molecular flexibility index (Phi) is 5.87. The summed E-state index contributed by atoms with van der Waals surface area (Å²) in [5, 5.41) is 8.73. The van der Waals surface area contributed by atoms with E-state index in [9.17, 15) is 9.59 Å². The Morgan fingerprint density at radius 2 is 1.89 bits per heavy atom. The average Bonchev–Trinajstić information content (AvgIpc) is 2.36. The lowest BCUT2D eigenvalue weighted by molar-refractivity contribution is -0.147. The summed E-state index contributed by atoms with van der Waals surface area (Å²) in [7, 11) is 1.26. The Labute approximate surface area is 105 Å². The van der Waals surface area contributed by atoms with Crippen LogP contribution in [0.4, 0.5) is 0 Å². The molecule has 0 saturated heterocycles. The van der Waals surface area contributed by atoms with Crippen molar-refractivity contribution in [2.45, 2.75) is 25.6 Å². The normalized spacial score (nSPS) is 11.8. The molecular formula is C13H16O5. The van der Waals surface area contributed by atoms with Crippen LogP contribution in [-0.2, 0) is 25.7 Å². The molecule has 5 heteroatoms. The highest BCUT2D eigenvalue weighted by molar-refractivity contribution is 5.72. The molecule has 1 atom stereocenters. The number of rotatable bonds is 7. The third-order valence-electron chi connectivity index (χ3n) is 2.35. The van der Waals surface area contributed by atoms with Crippen molar-refractivity contribution in [1.82, 2.24) is 0 Å². The first-order chi connectivity index (χ1) is 8.61. The second-order valence-corrected chi connectivity index (χ2v) is 3.80. The lowest BCUT2D eigenvalue weighted by Crippen LogP contribution is -2.22. The van der Waals surface area contributed by atoms with Crippen LogP contribution in [0.3, 0.4) is 0 Å². The number of carbonyl (C=O) groups excluding carboxylic acids is 1. The van der Waals surface area contributed by atoms with Gasteiger partial charge in [-0.25, -0.2) is 0 Å². The van der Waals surface area contributed by atoms with Crippen molar-refractivity contribution >= 4 is 11.9 Å². The molecule has 0 amide bonds. The molecule has 0 unspecified atom stereocenters. The number of hydrogen-bond donors (Lipinski definition) is 1. The predicted octanol–water partition coefficient (Wildman–Crippen LogP) is 1.61. The SMILES string of the molecule is COC(=O)C[C@H](CC(=O)O)OCc1ccccc1. The van der Waals surface area contributed by atoms with Crippen molar-refractivity contribution in [3.8, 4) is 0 Å². The Balaban J connectivity index is 2.50. The van der Waals surface area contributed by atoms with Crippen LogP contribution in [0.15, 0.2) is 30.3 Å². The highest BCUT2D eigenvalue weighted by Gasteiger charge is 2.18. The number of hydrogen-bond acceptors (Lipinski definition) is 4.